The first-order valence-corrected chi connectivity index (χ1v) is 6.77. The van der Waals surface area contributed by atoms with Gasteiger partial charge in [-0.1, -0.05) is 6.07 Å². The minimum Gasteiger partial charge on any atom is -0.292 e. The van der Waals surface area contributed by atoms with E-state index < -0.39 is 10.0 Å². The average Bonchev–Trinajstić information content (AvgIpc) is 2.46. The zero-order chi connectivity index (χ0) is 13.7. The van der Waals surface area contributed by atoms with Gasteiger partial charge in [0.1, 0.15) is 4.90 Å². The van der Waals surface area contributed by atoms with Gasteiger partial charge in [-0.3, -0.25) is 10.4 Å². The van der Waals surface area contributed by atoms with E-state index in [0.717, 1.165) is 5.56 Å². The van der Waals surface area contributed by atoms with E-state index in [1.54, 1.807) is 24.5 Å². The Kier molecular flexibility index (Phi) is 4.00. The summed E-state index contributed by atoms with van der Waals surface area (Å²) in [6.07, 6.45) is 5.55. The van der Waals surface area contributed by atoms with Crippen molar-refractivity contribution in [2.45, 2.75) is 11.4 Å². The molecule has 0 aliphatic heterocycles. The Morgan fingerprint density at radius 2 is 1.95 bits per heavy atom. The first-order valence-electron chi connectivity index (χ1n) is 5.29. The van der Waals surface area contributed by atoms with Gasteiger partial charge >= 0.3 is 0 Å². The van der Waals surface area contributed by atoms with Crippen LogP contribution in [0.25, 0.3) is 0 Å². The van der Waals surface area contributed by atoms with Crippen LogP contribution in [0.3, 0.4) is 0 Å². The fourth-order valence-corrected chi connectivity index (χ4v) is 2.20. The smallest absolute Gasteiger partial charge is 0.243 e. The van der Waals surface area contributed by atoms with Gasteiger partial charge in [0, 0.05) is 18.9 Å². The number of rotatable bonds is 5. The van der Waals surface area contributed by atoms with Crippen molar-refractivity contribution in [3.63, 3.8) is 0 Å². The van der Waals surface area contributed by atoms with Crippen molar-refractivity contribution in [2.75, 3.05) is 5.43 Å². The molecule has 0 aliphatic rings. The molecule has 0 radical (unpaired) electrons. The second kappa shape index (κ2) is 5.69. The Hall–Kier alpha value is -2.10. The Morgan fingerprint density at radius 1 is 1.21 bits per heavy atom. The summed E-state index contributed by atoms with van der Waals surface area (Å²) >= 11 is 0. The lowest BCUT2D eigenvalue weighted by Crippen LogP contribution is -2.24. The molecule has 0 atom stereocenters. The van der Waals surface area contributed by atoms with Gasteiger partial charge in [-0.15, -0.1) is 0 Å². The van der Waals surface area contributed by atoms with Crippen molar-refractivity contribution in [2.24, 2.45) is 5.84 Å². The monoisotopic (exact) mass is 280 g/mol. The molecule has 4 N–H and O–H groups in total. The van der Waals surface area contributed by atoms with Crippen LogP contribution in [0.1, 0.15) is 5.56 Å². The highest BCUT2D eigenvalue weighted by Crippen LogP contribution is 2.07. The van der Waals surface area contributed by atoms with Gasteiger partial charge in [0.2, 0.25) is 16.0 Å². The lowest BCUT2D eigenvalue weighted by molar-refractivity contribution is 0.580. The number of hydrazine groups is 1. The van der Waals surface area contributed by atoms with Gasteiger partial charge in [0.05, 0.1) is 12.4 Å². The summed E-state index contributed by atoms with van der Waals surface area (Å²) in [6, 6.07) is 3.50. The van der Waals surface area contributed by atoms with E-state index in [1.165, 1.54) is 12.4 Å². The third kappa shape index (κ3) is 3.44. The summed E-state index contributed by atoms with van der Waals surface area (Å²) in [4.78, 5) is 11.3. The molecule has 2 aromatic rings. The largest absolute Gasteiger partial charge is 0.292 e. The second-order valence-corrected chi connectivity index (χ2v) is 5.34. The van der Waals surface area contributed by atoms with Gasteiger partial charge in [-0.2, -0.15) is 0 Å². The van der Waals surface area contributed by atoms with E-state index in [2.05, 4.69) is 25.1 Å². The minimum absolute atomic E-state index is 0.0320. The van der Waals surface area contributed by atoms with E-state index >= 15 is 0 Å². The molecule has 0 amide bonds. The van der Waals surface area contributed by atoms with Crippen molar-refractivity contribution < 1.29 is 8.42 Å². The Morgan fingerprint density at radius 3 is 2.53 bits per heavy atom. The molecule has 2 rings (SSSR count). The molecule has 0 fully saturated rings. The van der Waals surface area contributed by atoms with Gasteiger partial charge in [-0.05, 0) is 11.6 Å². The van der Waals surface area contributed by atoms with Gasteiger partial charge < -0.3 is 0 Å². The zero-order valence-electron chi connectivity index (χ0n) is 9.81. The summed E-state index contributed by atoms with van der Waals surface area (Å²) in [6.45, 7) is 0.146. The van der Waals surface area contributed by atoms with Crippen molar-refractivity contribution in [1.82, 2.24) is 19.7 Å². The second-order valence-electron chi connectivity index (χ2n) is 3.57. The standard InChI is InChI=1S/C10H12N6O2S/c11-16-10-13-6-9(7-14-10)19(17,18)15-5-8-2-1-3-12-4-8/h1-4,6-7,15H,5,11H2,(H,13,14,16). The SMILES string of the molecule is NNc1ncc(S(=O)(=O)NCc2cccnc2)cn1. The fourth-order valence-electron chi connectivity index (χ4n) is 1.29. The number of pyridine rings is 1. The van der Waals surface area contributed by atoms with Crippen molar-refractivity contribution in [1.29, 1.82) is 0 Å². The van der Waals surface area contributed by atoms with E-state index in [9.17, 15) is 8.42 Å². The topological polar surface area (TPSA) is 123 Å². The van der Waals surface area contributed by atoms with Gasteiger partial charge in [-0.25, -0.2) is 29.0 Å². The first kappa shape index (κ1) is 13.3. The molecule has 0 aliphatic carbocycles. The van der Waals surface area contributed by atoms with Gasteiger partial charge in [0.15, 0.2) is 0 Å². The molecule has 0 saturated carbocycles. The number of hydrogen-bond donors (Lipinski definition) is 3. The number of nitrogens with one attached hydrogen (secondary N) is 2. The van der Waals surface area contributed by atoms with Crippen molar-refractivity contribution in [3.8, 4) is 0 Å². The molecule has 9 heteroatoms. The molecule has 0 spiro atoms. The van der Waals surface area contributed by atoms with Gasteiger partial charge in [0.25, 0.3) is 0 Å². The average molecular weight is 280 g/mol. The van der Waals surface area contributed by atoms with E-state index in [1.807, 2.05) is 0 Å². The van der Waals surface area contributed by atoms with E-state index in [0.29, 0.717) is 0 Å². The third-order valence-corrected chi connectivity index (χ3v) is 3.61. The predicted molar refractivity (Wildman–Crippen MR) is 68.1 cm³/mol. The summed E-state index contributed by atoms with van der Waals surface area (Å²) in [5.41, 5.74) is 2.97. The fraction of sp³-hybridized carbons (Fsp3) is 0.100. The highest BCUT2D eigenvalue weighted by Gasteiger charge is 2.14. The molecule has 100 valence electrons. The Bertz CT molecular complexity index is 629. The quantitative estimate of drug-likeness (QED) is 0.504. The summed E-state index contributed by atoms with van der Waals surface area (Å²) in [7, 11) is -3.65. The number of nitrogens with two attached hydrogens (primary N) is 1. The lowest BCUT2D eigenvalue weighted by atomic mass is 10.3. The molecule has 19 heavy (non-hydrogen) atoms. The number of nitrogen functional groups attached to an aromatic ring is 1. The van der Waals surface area contributed by atoms with Crippen LogP contribution >= 0.6 is 0 Å². The number of aromatic nitrogens is 3. The van der Waals surface area contributed by atoms with Crippen LogP contribution in [-0.2, 0) is 16.6 Å². The first-order chi connectivity index (χ1) is 9.12. The maximum absolute atomic E-state index is 11.9. The lowest BCUT2D eigenvalue weighted by Gasteiger charge is -2.06. The van der Waals surface area contributed by atoms with E-state index in [4.69, 9.17) is 5.84 Å². The number of nitrogens with zero attached hydrogens (tertiary/aromatic N) is 3. The van der Waals surface area contributed by atoms with Crippen LogP contribution < -0.4 is 16.0 Å². The van der Waals surface area contributed by atoms with Crippen LogP contribution in [0.2, 0.25) is 0 Å². The van der Waals surface area contributed by atoms with Crippen molar-refractivity contribution >= 4 is 16.0 Å². The number of sulfonamides is 1. The molecule has 8 nitrogen and oxygen atoms in total. The molecule has 2 heterocycles. The predicted octanol–water partition coefficient (Wildman–Crippen LogP) is -0.364. The van der Waals surface area contributed by atoms with Crippen molar-refractivity contribution in [3.05, 3.63) is 42.5 Å². The molecular formula is C10H12N6O2S. The minimum atomic E-state index is -3.65. The van der Waals surface area contributed by atoms with Crippen LogP contribution in [0.5, 0.6) is 0 Å². The molecular weight excluding hydrogens is 268 g/mol. The maximum atomic E-state index is 11.9. The summed E-state index contributed by atoms with van der Waals surface area (Å²) in [5.74, 6) is 5.24. The van der Waals surface area contributed by atoms with Crippen LogP contribution in [0, 0.1) is 0 Å². The normalized spacial score (nSPS) is 11.2. The Labute approximate surface area is 110 Å². The summed E-state index contributed by atoms with van der Waals surface area (Å²) in [5, 5.41) is 0. The zero-order valence-corrected chi connectivity index (χ0v) is 10.6. The number of hydrogen-bond acceptors (Lipinski definition) is 7. The Balaban J connectivity index is 2.09. The van der Waals surface area contributed by atoms with E-state index in [-0.39, 0.29) is 17.4 Å². The van der Waals surface area contributed by atoms with Crippen LogP contribution in [0.15, 0.2) is 41.8 Å². The van der Waals surface area contributed by atoms with Crippen LogP contribution in [-0.4, -0.2) is 23.4 Å². The molecule has 0 unspecified atom stereocenters. The highest BCUT2D eigenvalue weighted by atomic mass is 32.2. The van der Waals surface area contributed by atoms with Crippen LogP contribution in [0.4, 0.5) is 5.95 Å². The third-order valence-electron chi connectivity index (χ3n) is 2.26. The number of anilines is 1. The molecule has 2 aromatic heterocycles. The molecule has 0 saturated heterocycles. The highest BCUT2D eigenvalue weighted by molar-refractivity contribution is 7.89. The summed E-state index contributed by atoms with van der Waals surface area (Å²) < 4.78 is 26.3. The molecule has 0 aromatic carbocycles. The maximum Gasteiger partial charge on any atom is 0.243 e. The molecule has 0 bridgehead atoms.